The molecule has 0 atom stereocenters. The van der Waals surface area contributed by atoms with Crippen molar-refractivity contribution in [3.63, 3.8) is 0 Å². The fourth-order valence-corrected chi connectivity index (χ4v) is 2.84. The highest BCUT2D eigenvalue weighted by atomic mass is 79.9. The van der Waals surface area contributed by atoms with Crippen LogP contribution in [-0.4, -0.2) is 28.4 Å². The number of non-ortho nitro benzene ring substituents is 1. The van der Waals surface area contributed by atoms with Gasteiger partial charge in [0.1, 0.15) is 17.1 Å². The van der Waals surface area contributed by atoms with Crippen LogP contribution in [0.4, 0.5) is 11.4 Å². The van der Waals surface area contributed by atoms with Crippen molar-refractivity contribution in [1.29, 1.82) is 0 Å². The summed E-state index contributed by atoms with van der Waals surface area (Å²) in [4.78, 5) is 38.7. The monoisotopic (exact) mass is 471 g/mol. The fraction of sp³-hybridized carbons (Fsp3) is 0.0500. The molecule has 10 heteroatoms. The molecule has 0 aliphatic carbocycles. The first-order chi connectivity index (χ1) is 14.4. The average Bonchev–Trinajstić information content (AvgIpc) is 2.74. The maximum Gasteiger partial charge on any atom is 0.342 e. The smallest absolute Gasteiger partial charge is 0.342 e. The van der Waals surface area contributed by atoms with E-state index in [0.717, 1.165) is 0 Å². The number of amides is 1. The standard InChI is InChI=1S/C20H14BrN3O6/c21-16-10-13(24(27)28)7-8-17(16)23-19(25)12-29-20(26)15-5-1-2-6-18(15)30-14-4-3-9-22-11-14/h1-11H,12H2,(H,23,25). The van der Waals surface area contributed by atoms with E-state index in [1.807, 2.05) is 0 Å². The Hall–Kier alpha value is -3.79. The van der Waals surface area contributed by atoms with E-state index in [2.05, 4.69) is 26.2 Å². The van der Waals surface area contributed by atoms with Crippen LogP contribution in [0.2, 0.25) is 0 Å². The maximum atomic E-state index is 12.4. The number of esters is 1. The number of carbonyl (C=O) groups excluding carboxylic acids is 2. The Bertz CT molecular complexity index is 1090. The lowest BCUT2D eigenvalue weighted by molar-refractivity contribution is -0.384. The van der Waals surface area contributed by atoms with E-state index in [1.54, 1.807) is 36.5 Å². The molecular weight excluding hydrogens is 458 g/mol. The number of nitrogens with zero attached hydrogens (tertiary/aromatic N) is 2. The molecule has 0 fully saturated rings. The van der Waals surface area contributed by atoms with Gasteiger partial charge in [-0.3, -0.25) is 19.9 Å². The van der Waals surface area contributed by atoms with Gasteiger partial charge in [0.15, 0.2) is 6.61 Å². The van der Waals surface area contributed by atoms with Crippen molar-refractivity contribution in [2.75, 3.05) is 11.9 Å². The molecule has 0 radical (unpaired) electrons. The number of para-hydroxylation sites is 1. The molecule has 152 valence electrons. The first-order valence-corrected chi connectivity index (χ1v) is 9.31. The molecule has 9 nitrogen and oxygen atoms in total. The summed E-state index contributed by atoms with van der Waals surface area (Å²) in [6, 6.07) is 13.7. The van der Waals surface area contributed by atoms with Crippen LogP contribution in [0, 0.1) is 10.1 Å². The van der Waals surface area contributed by atoms with Gasteiger partial charge in [-0.1, -0.05) is 12.1 Å². The average molecular weight is 472 g/mol. The molecule has 2 aromatic carbocycles. The zero-order valence-corrected chi connectivity index (χ0v) is 16.9. The summed E-state index contributed by atoms with van der Waals surface area (Å²) in [6.07, 6.45) is 3.09. The van der Waals surface area contributed by atoms with Gasteiger partial charge in [-0.25, -0.2) is 4.79 Å². The lowest BCUT2D eigenvalue weighted by Crippen LogP contribution is -2.21. The number of rotatable bonds is 7. The largest absolute Gasteiger partial charge is 0.455 e. The van der Waals surface area contributed by atoms with Crippen LogP contribution in [0.15, 0.2) is 71.5 Å². The first kappa shape index (κ1) is 20.9. The van der Waals surface area contributed by atoms with E-state index in [9.17, 15) is 19.7 Å². The Balaban J connectivity index is 1.62. The number of hydrogen-bond acceptors (Lipinski definition) is 7. The predicted octanol–water partition coefficient (Wildman–Crippen LogP) is 4.34. The molecule has 0 aliphatic rings. The quantitative estimate of drug-likeness (QED) is 0.309. The molecule has 3 aromatic rings. The fourth-order valence-electron chi connectivity index (χ4n) is 2.37. The number of nitro groups is 1. The molecule has 1 N–H and O–H groups in total. The third-order valence-electron chi connectivity index (χ3n) is 3.74. The van der Waals surface area contributed by atoms with E-state index in [0.29, 0.717) is 15.9 Å². The zero-order valence-electron chi connectivity index (χ0n) is 15.3. The summed E-state index contributed by atoms with van der Waals surface area (Å²) in [6.45, 7) is -0.552. The van der Waals surface area contributed by atoms with E-state index in [4.69, 9.17) is 9.47 Å². The summed E-state index contributed by atoms with van der Waals surface area (Å²) in [5.74, 6) is -0.650. The molecule has 0 saturated heterocycles. The van der Waals surface area contributed by atoms with Gasteiger partial charge in [0.2, 0.25) is 0 Å². The highest BCUT2D eigenvalue weighted by Gasteiger charge is 2.17. The van der Waals surface area contributed by atoms with Gasteiger partial charge >= 0.3 is 5.97 Å². The van der Waals surface area contributed by atoms with Gasteiger partial charge in [-0.15, -0.1) is 0 Å². The number of aromatic nitrogens is 1. The SMILES string of the molecule is O=C(COC(=O)c1ccccc1Oc1cccnc1)Nc1ccc([N+](=O)[O-])cc1Br. The molecule has 0 spiro atoms. The zero-order chi connectivity index (χ0) is 21.5. The number of hydrogen-bond donors (Lipinski definition) is 1. The highest BCUT2D eigenvalue weighted by molar-refractivity contribution is 9.10. The Morgan fingerprint density at radius 3 is 2.63 bits per heavy atom. The number of pyridine rings is 1. The molecule has 1 aromatic heterocycles. The van der Waals surface area contributed by atoms with Crippen LogP contribution in [-0.2, 0) is 9.53 Å². The van der Waals surface area contributed by atoms with E-state index in [-0.39, 0.29) is 17.0 Å². The van der Waals surface area contributed by atoms with Crippen LogP contribution >= 0.6 is 15.9 Å². The number of carbonyl (C=O) groups is 2. The predicted molar refractivity (Wildman–Crippen MR) is 110 cm³/mol. The van der Waals surface area contributed by atoms with Crippen LogP contribution in [0.3, 0.4) is 0 Å². The Morgan fingerprint density at radius 2 is 1.93 bits per heavy atom. The molecule has 3 rings (SSSR count). The Kier molecular flexibility index (Phi) is 6.71. The minimum Gasteiger partial charge on any atom is -0.455 e. The van der Waals surface area contributed by atoms with Crippen molar-refractivity contribution in [2.24, 2.45) is 0 Å². The number of halogens is 1. The van der Waals surface area contributed by atoms with Crippen LogP contribution in [0.25, 0.3) is 0 Å². The topological polar surface area (TPSA) is 121 Å². The van der Waals surface area contributed by atoms with Crippen molar-refractivity contribution in [3.05, 3.63) is 87.1 Å². The molecule has 0 bridgehead atoms. The molecule has 0 saturated carbocycles. The van der Waals surface area contributed by atoms with Gasteiger partial charge in [-0.2, -0.15) is 0 Å². The second-order valence-corrected chi connectivity index (χ2v) is 6.69. The summed E-state index contributed by atoms with van der Waals surface area (Å²) in [5.41, 5.74) is 0.323. The third kappa shape index (κ3) is 5.39. The number of benzene rings is 2. The first-order valence-electron chi connectivity index (χ1n) is 8.52. The second kappa shape index (κ2) is 9.61. The van der Waals surface area contributed by atoms with Crippen LogP contribution < -0.4 is 10.1 Å². The summed E-state index contributed by atoms with van der Waals surface area (Å²) in [5, 5.41) is 13.3. The lowest BCUT2D eigenvalue weighted by atomic mass is 10.2. The van der Waals surface area contributed by atoms with Crippen molar-refractivity contribution < 1.29 is 24.0 Å². The number of ether oxygens (including phenoxy) is 2. The molecular formula is C20H14BrN3O6. The van der Waals surface area contributed by atoms with Crippen LogP contribution in [0.1, 0.15) is 10.4 Å². The van der Waals surface area contributed by atoms with Gasteiger partial charge in [0.25, 0.3) is 11.6 Å². The summed E-state index contributed by atoms with van der Waals surface area (Å²) < 4.78 is 11.1. The molecule has 0 unspecified atom stereocenters. The highest BCUT2D eigenvalue weighted by Crippen LogP contribution is 2.27. The summed E-state index contributed by atoms with van der Waals surface area (Å²) >= 11 is 3.15. The van der Waals surface area contributed by atoms with E-state index in [1.165, 1.54) is 30.5 Å². The normalized spacial score (nSPS) is 10.2. The van der Waals surface area contributed by atoms with E-state index >= 15 is 0 Å². The van der Waals surface area contributed by atoms with Gasteiger partial charge < -0.3 is 14.8 Å². The lowest BCUT2D eigenvalue weighted by Gasteiger charge is -2.11. The molecule has 30 heavy (non-hydrogen) atoms. The number of nitrogens with one attached hydrogen (secondary N) is 1. The van der Waals surface area contributed by atoms with Crippen molar-refractivity contribution in [1.82, 2.24) is 4.98 Å². The number of nitro benzene ring substituents is 1. The van der Waals surface area contributed by atoms with Crippen molar-refractivity contribution in [2.45, 2.75) is 0 Å². The summed E-state index contributed by atoms with van der Waals surface area (Å²) in [7, 11) is 0. The minimum absolute atomic E-state index is 0.128. The Morgan fingerprint density at radius 1 is 1.13 bits per heavy atom. The van der Waals surface area contributed by atoms with Crippen LogP contribution in [0.5, 0.6) is 11.5 Å². The molecule has 1 amide bonds. The maximum absolute atomic E-state index is 12.4. The van der Waals surface area contributed by atoms with Gasteiger partial charge in [0.05, 0.1) is 16.8 Å². The molecule has 0 aliphatic heterocycles. The number of anilines is 1. The van der Waals surface area contributed by atoms with E-state index < -0.39 is 23.4 Å². The van der Waals surface area contributed by atoms with Crippen molar-refractivity contribution >= 4 is 39.2 Å². The Labute approximate surface area is 178 Å². The molecule has 1 heterocycles. The minimum atomic E-state index is -0.743. The van der Waals surface area contributed by atoms with Gasteiger partial charge in [0, 0.05) is 22.8 Å². The van der Waals surface area contributed by atoms with Gasteiger partial charge in [-0.05, 0) is 46.3 Å². The third-order valence-corrected chi connectivity index (χ3v) is 4.40. The second-order valence-electron chi connectivity index (χ2n) is 5.83. The van der Waals surface area contributed by atoms with Crippen molar-refractivity contribution in [3.8, 4) is 11.5 Å².